The van der Waals surface area contributed by atoms with Crippen LogP contribution >= 0.6 is 0 Å². The van der Waals surface area contributed by atoms with E-state index in [0.717, 1.165) is 27.6 Å². The number of hydrogen-bond acceptors (Lipinski definition) is 2. The van der Waals surface area contributed by atoms with E-state index in [2.05, 4.69) is 15.3 Å². The Balaban J connectivity index is 2.18. The average Bonchev–Trinajstić information content (AvgIpc) is 2.76. The lowest BCUT2D eigenvalue weighted by Gasteiger charge is -2.18. The van der Waals surface area contributed by atoms with Gasteiger partial charge in [0.2, 0.25) is 5.91 Å². The van der Waals surface area contributed by atoms with Crippen molar-refractivity contribution < 1.29 is 4.79 Å². The third kappa shape index (κ3) is 2.03. The fourth-order valence-corrected chi connectivity index (χ4v) is 2.18. The Kier molecular flexibility index (Phi) is 2.74. The zero-order valence-electron chi connectivity index (χ0n) is 11.8. The molecule has 0 unspecified atom stereocenters. The van der Waals surface area contributed by atoms with Gasteiger partial charge in [-0.3, -0.25) is 4.79 Å². The van der Waals surface area contributed by atoms with Gasteiger partial charge in [-0.25, -0.2) is 4.98 Å². The van der Waals surface area contributed by atoms with E-state index in [-0.39, 0.29) is 5.91 Å². The van der Waals surface area contributed by atoms with Crippen LogP contribution in [0.5, 0.6) is 0 Å². The summed E-state index contributed by atoms with van der Waals surface area (Å²) in [6.07, 6.45) is 1.70. The van der Waals surface area contributed by atoms with Crippen molar-refractivity contribution in [1.29, 1.82) is 0 Å². The topological polar surface area (TPSA) is 57.8 Å². The third-order valence-electron chi connectivity index (χ3n) is 3.33. The van der Waals surface area contributed by atoms with Crippen molar-refractivity contribution >= 4 is 33.5 Å². The first-order valence-corrected chi connectivity index (χ1v) is 6.64. The van der Waals surface area contributed by atoms with Crippen LogP contribution in [-0.4, -0.2) is 15.9 Å². The highest BCUT2D eigenvalue weighted by Gasteiger charge is 2.22. The second-order valence-corrected chi connectivity index (χ2v) is 5.96. The molecule has 20 heavy (non-hydrogen) atoms. The van der Waals surface area contributed by atoms with Gasteiger partial charge >= 0.3 is 0 Å². The van der Waals surface area contributed by atoms with Gasteiger partial charge in [0.1, 0.15) is 5.65 Å². The van der Waals surface area contributed by atoms with Gasteiger partial charge in [-0.05, 0) is 12.1 Å². The zero-order valence-corrected chi connectivity index (χ0v) is 11.8. The summed E-state index contributed by atoms with van der Waals surface area (Å²) in [5.41, 5.74) is 2.18. The molecule has 0 aliphatic rings. The number of aromatic amines is 1. The Bertz CT molecular complexity index is 796. The number of hydrogen-bond donors (Lipinski definition) is 2. The van der Waals surface area contributed by atoms with Crippen LogP contribution in [0.25, 0.3) is 21.9 Å². The average molecular weight is 267 g/mol. The first-order chi connectivity index (χ1) is 9.47. The molecule has 0 saturated carbocycles. The molecule has 102 valence electrons. The zero-order chi connectivity index (χ0) is 14.3. The molecule has 2 N–H and O–H groups in total. The van der Waals surface area contributed by atoms with Crippen LogP contribution in [0.15, 0.2) is 36.5 Å². The molecule has 4 nitrogen and oxygen atoms in total. The molecule has 1 aromatic carbocycles. The van der Waals surface area contributed by atoms with E-state index >= 15 is 0 Å². The van der Waals surface area contributed by atoms with Crippen molar-refractivity contribution in [3.8, 4) is 0 Å². The number of amides is 1. The standard InChI is InChI=1S/C16H17N3O/c1-16(2,3)15(20)19-12-8-9-17-14-13(12)10-6-4-5-7-11(10)18-14/h4-9H,1-3H3,(H2,17,18,19,20). The van der Waals surface area contributed by atoms with Gasteiger partial charge in [0.05, 0.1) is 11.1 Å². The minimum absolute atomic E-state index is 0.00437. The van der Waals surface area contributed by atoms with E-state index in [4.69, 9.17) is 0 Å². The molecule has 0 aliphatic heterocycles. The first kappa shape index (κ1) is 12.7. The molecule has 3 rings (SSSR count). The summed E-state index contributed by atoms with van der Waals surface area (Å²) < 4.78 is 0. The van der Waals surface area contributed by atoms with Crippen LogP contribution in [-0.2, 0) is 4.79 Å². The maximum Gasteiger partial charge on any atom is 0.229 e. The summed E-state index contributed by atoms with van der Waals surface area (Å²) in [4.78, 5) is 19.8. The molecular formula is C16H17N3O. The largest absolute Gasteiger partial charge is 0.339 e. The maximum atomic E-state index is 12.2. The Morgan fingerprint density at radius 3 is 2.70 bits per heavy atom. The van der Waals surface area contributed by atoms with Crippen LogP contribution in [0.4, 0.5) is 5.69 Å². The quantitative estimate of drug-likeness (QED) is 0.706. The number of nitrogens with zero attached hydrogens (tertiary/aromatic N) is 1. The SMILES string of the molecule is CC(C)(C)C(=O)Nc1ccnc2[nH]c3ccccc3c12. The van der Waals surface area contributed by atoms with Crippen LogP contribution in [0.3, 0.4) is 0 Å². The molecule has 1 amide bonds. The molecule has 0 bridgehead atoms. The molecule has 0 saturated heterocycles. The van der Waals surface area contributed by atoms with Crippen molar-refractivity contribution in [3.05, 3.63) is 36.5 Å². The van der Waals surface area contributed by atoms with Gasteiger partial charge in [0.25, 0.3) is 0 Å². The van der Waals surface area contributed by atoms with Crippen LogP contribution in [0, 0.1) is 5.41 Å². The summed E-state index contributed by atoms with van der Waals surface area (Å²) in [5, 5.41) is 5.03. The van der Waals surface area contributed by atoms with Gasteiger partial charge in [-0.2, -0.15) is 0 Å². The van der Waals surface area contributed by atoms with Crippen LogP contribution in [0.2, 0.25) is 0 Å². The number of carbonyl (C=O) groups excluding carboxylic acids is 1. The number of anilines is 1. The summed E-state index contributed by atoms with van der Waals surface area (Å²) in [7, 11) is 0. The lowest BCUT2D eigenvalue weighted by molar-refractivity contribution is -0.123. The van der Waals surface area contributed by atoms with Crippen molar-refractivity contribution in [3.63, 3.8) is 0 Å². The minimum Gasteiger partial charge on any atom is -0.339 e. The number of para-hydroxylation sites is 1. The molecule has 0 radical (unpaired) electrons. The lowest BCUT2D eigenvalue weighted by atomic mass is 9.95. The Labute approximate surface area is 117 Å². The fourth-order valence-electron chi connectivity index (χ4n) is 2.18. The molecule has 4 heteroatoms. The highest BCUT2D eigenvalue weighted by atomic mass is 16.2. The summed E-state index contributed by atoms with van der Waals surface area (Å²) in [6, 6.07) is 9.84. The number of aromatic nitrogens is 2. The maximum absolute atomic E-state index is 12.2. The van der Waals surface area contributed by atoms with Gasteiger partial charge in [0.15, 0.2) is 0 Å². The van der Waals surface area contributed by atoms with E-state index in [0.29, 0.717) is 0 Å². The summed E-state index contributed by atoms with van der Waals surface area (Å²) in [6.45, 7) is 5.70. The number of H-pyrrole nitrogens is 1. The number of benzene rings is 1. The predicted molar refractivity (Wildman–Crippen MR) is 81.7 cm³/mol. The highest BCUT2D eigenvalue weighted by Crippen LogP contribution is 2.31. The fraction of sp³-hybridized carbons (Fsp3) is 0.250. The smallest absolute Gasteiger partial charge is 0.229 e. The number of carbonyl (C=O) groups is 1. The Morgan fingerprint density at radius 1 is 1.20 bits per heavy atom. The molecular weight excluding hydrogens is 250 g/mol. The lowest BCUT2D eigenvalue weighted by Crippen LogP contribution is -2.27. The molecule has 3 aromatic rings. The van der Waals surface area contributed by atoms with Gasteiger partial charge in [-0.1, -0.05) is 39.0 Å². The van der Waals surface area contributed by atoms with E-state index in [1.165, 1.54) is 0 Å². The van der Waals surface area contributed by atoms with E-state index in [9.17, 15) is 4.79 Å². The van der Waals surface area contributed by atoms with Crippen molar-refractivity contribution in [2.45, 2.75) is 20.8 Å². The molecule has 0 aliphatic carbocycles. The van der Waals surface area contributed by atoms with Crippen molar-refractivity contribution in [1.82, 2.24) is 9.97 Å². The minimum atomic E-state index is -0.429. The number of pyridine rings is 1. The third-order valence-corrected chi connectivity index (χ3v) is 3.33. The van der Waals surface area contributed by atoms with Gasteiger partial charge in [-0.15, -0.1) is 0 Å². The summed E-state index contributed by atoms with van der Waals surface area (Å²) in [5.74, 6) is -0.00437. The van der Waals surface area contributed by atoms with Gasteiger partial charge in [0, 0.05) is 22.5 Å². The number of nitrogens with one attached hydrogen (secondary N) is 2. The van der Waals surface area contributed by atoms with E-state index < -0.39 is 5.41 Å². The van der Waals surface area contributed by atoms with E-state index in [1.807, 2.05) is 51.1 Å². The summed E-state index contributed by atoms with van der Waals surface area (Å²) >= 11 is 0. The highest BCUT2D eigenvalue weighted by molar-refractivity contribution is 6.14. The Hall–Kier alpha value is -2.36. The first-order valence-electron chi connectivity index (χ1n) is 6.64. The van der Waals surface area contributed by atoms with Crippen LogP contribution in [0.1, 0.15) is 20.8 Å². The second kappa shape index (κ2) is 4.34. The van der Waals surface area contributed by atoms with E-state index in [1.54, 1.807) is 6.20 Å². The molecule has 2 aromatic heterocycles. The molecule has 0 atom stereocenters. The Morgan fingerprint density at radius 2 is 1.95 bits per heavy atom. The predicted octanol–water partition coefficient (Wildman–Crippen LogP) is 3.70. The number of rotatable bonds is 1. The normalized spacial score (nSPS) is 11.9. The van der Waals surface area contributed by atoms with Gasteiger partial charge < -0.3 is 10.3 Å². The molecule has 0 fully saturated rings. The number of fused-ring (bicyclic) bond motifs is 3. The second-order valence-electron chi connectivity index (χ2n) is 5.96. The van der Waals surface area contributed by atoms with Crippen molar-refractivity contribution in [2.75, 3.05) is 5.32 Å². The molecule has 2 heterocycles. The van der Waals surface area contributed by atoms with Crippen molar-refractivity contribution in [2.24, 2.45) is 5.41 Å². The monoisotopic (exact) mass is 267 g/mol. The molecule has 0 spiro atoms. The van der Waals surface area contributed by atoms with Crippen LogP contribution < -0.4 is 5.32 Å².